The van der Waals surface area contributed by atoms with Crippen molar-refractivity contribution < 1.29 is 14.3 Å². The first-order valence-electron chi connectivity index (χ1n) is 7.13. The first-order valence-corrected chi connectivity index (χ1v) is 7.13. The fourth-order valence-corrected chi connectivity index (χ4v) is 1.96. The van der Waals surface area contributed by atoms with Crippen LogP contribution < -0.4 is 0 Å². The van der Waals surface area contributed by atoms with E-state index in [1.807, 2.05) is 18.2 Å². The average Bonchev–Trinajstić information content (AvgIpc) is 2.32. The Labute approximate surface area is 125 Å². The summed E-state index contributed by atoms with van der Waals surface area (Å²) in [6, 6.07) is 10.3. The van der Waals surface area contributed by atoms with Gasteiger partial charge >= 0.3 is 6.09 Å². The normalized spacial score (nSPS) is 15.2. The lowest BCUT2D eigenvalue weighted by molar-refractivity contribution is -0.152. The maximum Gasteiger partial charge on any atom is 0.432 e. The molecule has 1 heterocycles. The minimum Gasteiger partial charge on any atom is -0.442 e. The highest BCUT2D eigenvalue weighted by atomic mass is 16.6. The lowest BCUT2D eigenvalue weighted by atomic mass is 10.1. The molecule has 5 heteroatoms. The molecule has 0 aromatic heterocycles. The van der Waals surface area contributed by atoms with Crippen LogP contribution in [-0.2, 0) is 16.0 Å². The number of benzene rings is 1. The molecule has 0 N–H and O–H groups in total. The molecule has 21 heavy (non-hydrogen) atoms. The van der Waals surface area contributed by atoms with Crippen molar-refractivity contribution in [1.29, 1.82) is 0 Å². The molecule has 0 spiro atoms. The van der Waals surface area contributed by atoms with Crippen LogP contribution in [0.2, 0.25) is 0 Å². The summed E-state index contributed by atoms with van der Waals surface area (Å²) in [6.07, 6.45) is 0.504. The SMILES string of the molecule is CC(C)(C)OC(=O)N(C(=O)Cc1[c]cccc1)N1CCC1. The molecule has 113 valence electrons. The van der Waals surface area contributed by atoms with Gasteiger partial charge in [-0.1, -0.05) is 24.3 Å². The standard InChI is InChI=1S/C16H21N2O3/c1-16(2,3)21-15(20)18(17-10-7-11-17)14(19)12-13-8-5-4-6-9-13/h4-6,8H,7,10-12H2,1-3H3. The lowest BCUT2D eigenvalue weighted by Crippen LogP contribution is -2.57. The molecular formula is C16H21N2O3. The topological polar surface area (TPSA) is 49.9 Å². The Morgan fingerprint density at radius 1 is 1.33 bits per heavy atom. The number of hydrogen-bond acceptors (Lipinski definition) is 4. The first kappa shape index (κ1) is 15.5. The quantitative estimate of drug-likeness (QED) is 0.857. The third-order valence-corrected chi connectivity index (χ3v) is 3.03. The Morgan fingerprint density at radius 2 is 2.05 bits per heavy atom. The van der Waals surface area contributed by atoms with E-state index in [2.05, 4.69) is 6.07 Å². The predicted octanol–water partition coefficient (Wildman–Crippen LogP) is 2.41. The second-order valence-electron chi connectivity index (χ2n) is 6.06. The summed E-state index contributed by atoms with van der Waals surface area (Å²) in [5.41, 5.74) is 0.135. The van der Waals surface area contributed by atoms with Gasteiger partial charge in [-0.2, -0.15) is 5.01 Å². The van der Waals surface area contributed by atoms with E-state index < -0.39 is 11.7 Å². The summed E-state index contributed by atoms with van der Waals surface area (Å²) in [5, 5.41) is 2.86. The highest BCUT2D eigenvalue weighted by Gasteiger charge is 2.34. The molecule has 0 bridgehead atoms. The Bertz CT molecular complexity index is 504. The van der Waals surface area contributed by atoms with Crippen molar-refractivity contribution in [3.63, 3.8) is 0 Å². The summed E-state index contributed by atoms with van der Waals surface area (Å²) in [5.74, 6) is -0.286. The zero-order valence-electron chi connectivity index (χ0n) is 12.8. The number of rotatable bonds is 3. The van der Waals surface area contributed by atoms with Crippen LogP contribution in [0.5, 0.6) is 0 Å². The summed E-state index contributed by atoms with van der Waals surface area (Å²) in [7, 11) is 0. The highest BCUT2D eigenvalue weighted by molar-refractivity contribution is 5.92. The van der Waals surface area contributed by atoms with Crippen LogP contribution in [0.4, 0.5) is 4.79 Å². The number of amides is 2. The molecule has 1 aliphatic heterocycles. The number of carbonyl (C=O) groups excluding carboxylic acids is 2. The Morgan fingerprint density at radius 3 is 2.52 bits per heavy atom. The van der Waals surface area contributed by atoms with E-state index in [-0.39, 0.29) is 12.3 Å². The fraction of sp³-hybridized carbons (Fsp3) is 0.500. The van der Waals surface area contributed by atoms with Gasteiger partial charge in [-0.25, -0.2) is 9.80 Å². The van der Waals surface area contributed by atoms with Gasteiger partial charge in [0.25, 0.3) is 5.91 Å². The molecular weight excluding hydrogens is 268 g/mol. The molecule has 2 amide bonds. The van der Waals surface area contributed by atoms with E-state index >= 15 is 0 Å². The van der Waals surface area contributed by atoms with Gasteiger partial charge in [-0.3, -0.25) is 4.79 Å². The minimum absolute atomic E-state index is 0.135. The second kappa shape index (κ2) is 6.26. The zero-order chi connectivity index (χ0) is 15.5. The molecule has 1 saturated heterocycles. The largest absolute Gasteiger partial charge is 0.442 e. The number of imide groups is 1. The minimum atomic E-state index is -0.626. The van der Waals surface area contributed by atoms with Gasteiger partial charge in [0.1, 0.15) is 5.60 Å². The van der Waals surface area contributed by atoms with Gasteiger partial charge < -0.3 is 4.74 Å². The van der Waals surface area contributed by atoms with E-state index in [9.17, 15) is 9.59 Å². The van der Waals surface area contributed by atoms with Crippen molar-refractivity contribution >= 4 is 12.0 Å². The lowest BCUT2D eigenvalue weighted by Gasteiger charge is -2.39. The number of carbonyl (C=O) groups is 2. The number of ether oxygens (including phenoxy) is 1. The van der Waals surface area contributed by atoms with Crippen LogP contribution in [0.3, 0.4) is 0 Å². The number of hydrazine groups is 1. The predicted molar refractivity (Wildman–Crippen MR) is 78.3 cm³/mol. The van der Waals surface area contributed by atoms with E-state index in [4.69, 9.17) is 4.74 Å². The molecule has 1 aromatic carbocycles. The summed E-state index contributed by atoms with van der Waals surface area (Å²) >= 11 is 0. The Hall–Kier alpha value is -1.88. The molecule has 2 rings (SSSR count). The smallest absolute Gasteiger partial charge is 0.432 e. The summed E-state index contributed by atoms with van der Waals surface area (Å²) in [6.45, 7) is 6.75. The second-order valence-corrected chi connectivity index (χ2v) is 6.06. The van der Waals surface area contributed by atoms with Crippen LogP contribution in [0.15, 0.2) is 24.3 Å². The number of nitrogens with zero attached hydrogens (tertiary/aromatic N) is 2. The van der Waals surface area contributed by atoms with Crippen LogP contribution in [-0.4, -0.2) is 40.7 Å². The van der Waals surface area contributed by atoms with Crippen molar-refractivity contribution in [1.82, 2.24) is 10.0 Å². The van der Waals surface area contributed by atoms with Crippen molar-refractivity contribution in [2.45, 2.75) is 39.2 Å². The van der Waals surface area contributed by atoms with Gasteiger partial charge in [0.05, 0.1) is 6.42 Å². The molecule has 1 radical (unpaired) electrons. The van der Waals surface area contributed by atoms with Crippen LogP contribution in [0.1, 0.15) is 32.8 Å². The molecule has 0 saturated carbocycles. The molecule has 0 atom stereocenters. The fourth-order valence-electron chi connectivity index (χ4n) is 1.96. The van der Waals surface area contributed by atoms with Gasteiger partial charge in [0.15, 0.2) is 0 Å². The van der Waals surface area contributed by atoms with E-state index in [1.54, 1.807) is 31.8 Å². The van der Waals surface area contributed by atoms with E-state index in [0.717, 1.165) is 17.0 Å². The number of hydrogen-bond donors (Lipinski definition) is 0. The van der Waals surface area contributed by atoms with Crippen molar-refractivity contribution in [3.05, 3.63) is 35.9 Å². The van der Waals surface area contributed by atoms with E-state index in [1.165, 1.54) is 0 Å². The van der Waals surface area contributed by atoms with Gasteiger partial charge in [0, 0.05) is 13.1 Å². The molecule has 0 aliphatic carbocycles. The first-order chi connectivity index (χ1) is 9.87. The van der Waals surface area contributed by atoms with Gasteiger partial charge in [0.2, 0.25) is 0 Å². The van der Waals surface area contributed by atoms with Gasteiger partial charge in [-0.05, 0) is 38.8 Å². The monoisotopic (exact) mass is 289 g/mol. The van der Waals surface area contributed by atoms with Crippen LogP contribution in [0.25, 0.3) is 0 Å². The van der Waals surface area contributed by atoms with Crippen molar-refractivity contribution in [3.8, 4) is 0 Å². The van der Waals surface area contributed by atoms with Crippen LogP contribution >= 0.6 is 0 Å². The van der Waals surface area contributed by atoms with E-state index in [0.29, 0.717) is 13.1 Å². The summed E-state index contributed by atoms with van der Waals surface area (Å²) in [4.78, 5) is 24.7. The molecule has 1 aliphatic rings. The maximum absolute atomic E-state index is 12.4. The zero-order valence-corrected chi connectivity index (χ0v) is 12.8. The van der Waals surface area contributed by atoms with Crippen LogP contribution in [0, 0.1) is 6.07 Å². The Balaban J connectivity index is 2.08. The summed E-state index contributed by atoms with van der Waals surface area (Å²) < 4.78 is 5.33. The molecule has 1 fully saturated rings. The maximum atomic E-state index is 12.4. The molecule has 5 nitrogen and oxygen atoms in total. The Kier molecular flexibility index (Phi) is 4.63. The highest BCUT2D eigenvalue weighted by Crippen LogP contribution is 2.17. The van der Waals surface area contributed by atoms with Crippen molar-refractivity contribution in [2.24, 2.45) is 0 Å². The van der Waals surface area contributed by atoms with Gasteiger partial charge in [-0.15, -0.1) is 0 Å². The third-order valence-electron chi connectivity index (χ3n) is 3.03. The average molecular weight is 289 g/mol. The molecule has 1 aromatic rings. The van der Waals surface area contributed by atoms with Crippen molar-refractivity contribution in [2.75, 3.05) is 13.1 Å². The molecule has 0 unspecified atom stereocenters. The third kappa shape index (κ3) is 4.29.